The van der Waals surface area contributed by atoms with E-state index in [1.54, 1.807) is 31.2 Å². The average Bonchev–Trinajstić information content (AvgIpc) is 2.47. The van der Waals surface area contributed by atoms with Gasteiger partial charge in [0.1, 0.15) is 5.25 Å². The number of para-hydroxylation sites is 1. The average molecular weight is 302 g/mol. The summed E-state index contributed by atoms with van der Waals surface area (Å²) in [6.45, 7) is 3.54. The van der Waals surface area contributed by atoms with Crippen LogP contribution in [0.2, 0.25) is 0 Å². The molecule has 110 valence electrons. The molecular weight excluding hydrogens is 284 g/mol. The first-order valence-corrected chi connectivity index (χ1v) is 7.83. The Kier molecular flexibility index (Phi) is 4.75. The highest BCUT2D eigenvalue weighted by Gasteiger charge is 2.23. The van der Waals surface area contributed by atoms with Crippen LogP contribution < -0.4 is 11.1 Å². The number of nitrogens with one attached hydrogen (secondary N) is 1. The molecule has 2 unspecified atom stereocenters. The smallest absolute Gasteiger partial charge is 0.240 e. The predicted molar refractivity (Wildman–Crippen MR) is 86.5 cm³/mol. The van der Waals surface area contributed by atoms with E-state index in [1.165, 1.54) is 0 Å². The molecule has 4 nitrogen and oxygen atoms in total. The third-order valence-corrected chi connectivity index (χ3v) is 4.78. The third-order valence-electron chi connectivity index (χ3n) is 3.11. The normalized spacial score (nSPS) is 13.4. The van der Waals surface area contributed by atoms with Gasteiger partial charge in [-0.05, 0) is 43.7 Å². The third kappa shape index (κ3) is 3.70. The zero-order valence-electron chi connectivity index (χ0n) is 12.0. The molecule has 3 N–H and O–H groups in total. The lowest BCUT2D eigenvalue weighted by atomic mass is 10.2. The number of benzene rings is 2. The molecule has 1 amide bonds. The van der Waals surface area contributed by atoms with E-state index < -0.39 is 16.0 Å². The number of nitrogen functional groups attached to an aromatic ring is 1. The molecule has 2 rings (SSSR count). The van der Waals surface area contributed by atoms with Crippen molar-refractivity contribution >= 4 is 28.1 Å². The van der Waals surface area contributed by atoms with Crippen molar-refractivity contribution in [3.63, 3.8) is 0 Å². The van der Waals surface area contributed by atoms with E-state index >= 15 is 0 Å². The molecule has 0 heterocycles. The molecule has 21 heavy (non-hydrogen) atoms. The van der Waals surface area contributed by atoms with Crippen LogP contribution in [0.25, 0.3) is 0 Å². The van der Waals surface area contributed by atoms with Crippen molar-refractivity contribution in [1.29, 1.82) is 0 Å². The largest absolute Gasteiger partial charge is 0.398 e. The molecule has 0 aliphatic rings. The number of aryl methyl sites for hydroxylation is 1. The molecule has 0 aromatic heterocycles. The van der Waals surface area contributed by atoms with Gasteiger partial charge in [-0.3, -0.25) is 9.00 Å². The van der Waals surface area contributed by atoms with Crippen LogP contribution in [0.4, 0.5) is 11.4 Å². The quantitative estimate of drug-likeness (QED) is 0.853. The van der Waals surface area contributed by atoms with Crippen molar-refractivity contribution < 1.29 is 9.00 Å². The molecule has 0 spiro atoms. The number of amides is 1. The van der Waals surface area contributed by atoms with Crippen molar-refractivity contribution in [3.05, 3.63) is 54.1 Å². The Hall–Kier alpha value is -2.14. The van der Waals surface area contributed by atoms with Crippen molar-refractivity contribution in [2.45, 2.75) is 24.0 Å². The highest BCUT2D eigenvalue weighted by molar-refractivity contribution is 7.86. The molecule has 0 saturated heterocycles. The van der Waals surface area contributed by atoms with Crippen LogP contribution in [0.5, 0.6) is 0 Å². The minimum absolute atomic E-state index is 0.292. The van der Waals surface area contributed by atoms with Gasteiger partial charge in [0, 0.05) is 11.4 Å². The number of carbonyl (C=O) groups excluding carboxylic acids is 1. The van der Waals surface area contributed by atoms with Crippen LogP contribution in [0, 0.1) is 6.92 Å². The predicted octanol–water partition coefficient (Wildman–Crippen LogP) is 2.71. The fourth-order valence-corrected chi connectivity index (χ4v) is 3.03. The zero-order chi connectivity index (χ0) is 15.4. The number of hydrogen-bond acceptors (Lipinski definition) is 3. The maximum absolute atomic E-state index is 12.5. The maximum Gasteiger partial charge on any atom is 0.240 e. The molecule has 2 atom stereocenters. The van der Waals surface area contributed by atoms with Gasteiger partial charge in [-0.1, -0.05) is 24.3 Å². The van der Waals surface area contributed by atoms with E-state index in [9.17, 15) is 9.00 Å². The minimum atomic E-state index is -1.49. The van der Waals surface area contributed by atoms with Gasteiger partial charge in [-0.25, -0.2) is 0 Å². The van der Waals surface area contributed by atoms with Gasteiger partial charge in [0.15, 0.2) is 0 Å². The van der Waals surface area contributed by atoms with Gasteiger partial charge in [0.2, 0.25) is 5.91 Å². The van der Waals surface area contributed by atoms with Crippen molar-refractivity contribution in [2.24, 2.45) is 0 Å². The fourth-order valence-electron chi connectivity index (χ4n) is 1.90. The summed E-state index contributed by atoms with van der Waals surface area (Å²) in [5, 5.41) is 2.07. The standard InChI is InChI=1S/C16H18N2O2S/c1-11-8-9-15(14(17)10-11)21(20)12(2)16(19)18-13-6-4-3-5-7-13/h3-10,12H,17H2,1-2H3,(H,18,19). The monoisotopic (exact) mass is 302 g/mol. The van der Waals surface area contributed by atoms with E-state index in [1.807, 2.05) is 31.2 Å². The molecule has 0 saturated carbocycles. The van der Waals surface area contributed by atoms with Gasteiger partial charge < -0.3 is 11.1 Å². The summed E-state index contributed by atoms with van der Waals surface area (Å²) in [5.74, 6) is -0.292. The highest BCUT2D eigenvalue weighted by Crippen LogP contribution is 2.21. The van der Waals surface area contributed by atoms with Crippen LogP contribution in [0.15, 0.2) is 53.4 Å². The second-order valence-electron chi connectivity index (χ2n) is 4.84. The highest BCUT2D eigenvalue weighted by atomic mass is 32.2. The SMILES string of the molecule is Cc1ccc(S(=O)C(C)C(=O)Nc2ccccc2)c(N)c1. The first kappa shape index (κ1) is 15.3. The van der Waals surface area contributed by atoms with Gasteiger partial charge in [-0.2, -0.15) is 0 Å². The van der Waals surface area contributed by atoms with Crippen molar-refractivity contribution in [3.8, 4) is 0 Å². The number of nitrogens with two attached hydrogens (primary N) is 1. The first-order chi connectivity index (χ1) is 9.99. The van der Waals surface area contributed by atoms with Crippen LogP contribution >= 0.6 is 0 Å². The Morgan fingerprint density at radius 2 is 1.86 bits per heavy atom. The van der Waals surface area contributed by atoms with Gasteiger partial charge in [0.25, 0.3) is 0 Å². The topological polar surface area (TPSA) is 72.2 Å². The van der Waals surface area contributed by atoms with E-state index in [4.69, 9.17) is 5.73 Å². The Labute approximate surface area is 126 Å². The molecule has 2 aromatic carbocycles. The lowest BCUT2D eigenvalue weighted by Crippen LogP contribution is -2.29. The van der Waals surface area contributed by atoms with E-state index in [0.717, 1.165) is 5.56 Å². The van der Waals surface area contributed by atoms with Gasteiger partial charge in [-0.15, -0.1) is 0 Å². The Balaban J connectivity index is 2.13. The number of hydrogen-bond donors (Lipinski definition) is 2. The van der Waals surface area contributed by atoms with Crippen LogP contribution in [-0.2, 0) is 15.6 Å². The lowest BCUT2D eigenvalue weighted by molar-refractivity contribution is -0.115. The van der Waals surface area contributed by atoms with Crippen molar-refractivity contribution in [2.75, 3.05) is 11.1 Å². The molecule has 5 heteroatoms. The van der Waals surface area contributed by atoms with Crippen LogP contribution in [0.3, 0.4) is 0 Å². The number of rotatable bonds is 4. The molecule has 0 bridgehead atoms. The molecule has 0 fully saturated rings. The molecular formula is C16H18N2O2S. The number of carbonyl (C=O) groups is 1. The fraction of sp³-hybridized carbons (Fsp3) is 0.188. The summed E-state index contributed by atoms with van der Waals surface area (Å²) in [6.07, 6.45) is 0. The van der Waals surface area contributed by atoms with E-state index in [-0.39, 0.29) is 5.91 Å². The van der Waals surface area contributed by atoms with Gasteiger partial charge in [0.05, 0.1) is 15.7 Å². The summed E-state index contributed by atoms with van der Waals surface area (Å²) in [4.78, 5) is 12.7. The van der Waals surface area contributed by atoms with E-state index in [0.29, 0.717) is 16.3 Å². The molecule has 0 radical (unpaired) electrons. The first-order valence-electron chi connectivity index (χ1n) is 6.61. The zero-order valence-corrected chi connectivity index (χ0v) is 12.8. The number of anilines is 2. The Morgan fingerprint density at radius 1 is 1.19 bits per heavy atom. The summed E-state index contributed by atoms with van der Waals surface area (Å²) in [7, 11) is -1.49. The summed E-state index contributed by atoms with van der Waals surface area (Å²) in [5.41, 5.74) is 8.02. The molecule has 0 aliphatic heterocycles. The summed E-state index contributed by atoms with van der Waals surface area (Å²) < 4.78 is 12.5. The van der Waals surface area contributed by atoms with E-state index in [2.05, 4.69) is 5.32 Å². The van der Waals surface area contributed by atoms with Crippen LogP contribution in [-0.4, -0.2) is 15.4 Å². The molecule has 2 aromatic rings. The lowest BCUT2D eigenvalue weighted by Gasteiger charge is -2.14. The second-order valence-corrected chi connectivity index (χ2v) is 6.58. The van der Waals surface area contributed by atoms with Crippen LogP contribution in [0.1, 0.15) is 12.5 Å². The minimum Gasteiger partial charge on any atom is -0.398 e. The second kappa shape index (κ2) is 6.54. The van der Waals surface area contributed by atoms with Gasteiger partial charge >= 0.3 is 0 Å². The Morgan fingerprint density at radius 3 is 2.48 bits per heavy atom. The van der Waals surface area contributed by atoms with Crippen molar-refractivity contribution in [1.82, 2.24) is 0 Å². The Bertz CT molecular complexity index is 671. The maximum atomic E-state index is 12.5. The summed E-state index contributed by atoms with van der Waals surface area (Å²) >= 11 is 0. The molecule has 0 aliphatic carbocycles. The summed E-state index contributed by atoms with van der Waals surface area (Å²) in [6, 6.07) is 14.4.